The Balaban J connectivity index is 2.02. The molecule has 1 amide bonds. The number of halogens is 1. The molecule has 0 aromatic carbocycles. The van der Waals surface area contributed by atoms with E-state index in [2.05, 4.69) is 10.3 Å². The van der Waals surface area contributed by atoms with Gasteiger partial charge in [0.2, 0.25) is 5.91 Å². The van der Waals surface area contributed by atoms with Crippen molar-refractivity contribution in [2.75, 3.05) is 12.4 Å². The topological polar surface area (TPSA) is 46.9 Å². The molecule has 4 nitrogen and oxygen atoms in total. The average Bonchev–Trinajstić information content (AvgIpc) is 2.71. The van der Waals surface area contributed by atoms with Gasteiger partial charge in [-0.15, -0.1) is 11.6 Å². The van der Waals surface area contributed by atoms with E-state index in [-0.39, 0.29) is 5.91 Å². The molecule has 0 atom stereocenters. The third kappa shape index (κ3) is 5.42. The van der Waals surface area contributed by atoms with E-state index in [1.165, 1.54) is 0 Å². The summed E-state index contributed by atoms with van der Waals surface area (Å²) in [7, 11) is 0. The van der Waals surface area contributed by atoms with Crippen LogP contribution >= 0.6 is 11.6 Å². The first-order valence-corrected chi connectivity index (χ1v) is 5.65. The first-order valence-electron chi connectivity index (χ1n) is 5.11. The van der Waals surface area contributed by atoms with Gasteiger partial charge in [-0.05, 0) is 12.8 Å². The van der Waals surface area contributed by atoms with Crippen molar-refractivity contribution in [2.24, 2.45) is 0 Å². The second kappa shape index (κ2) is 7.29. The van der Waals surface area contributed by atoms with Crippen LogP contribution in [0.4, 0.5) is 0 Å². The maximum atomic E-state index is 11.3. The zero-order valence-corrected chi connectivity index (χ0v) is 9.41. The van der Waals surface area contributed by atoms with Gasteiger partial charge in [-0.3, -0.25) is 4.79 Å². The Morgan fingerprint density at radius 2 is 2.33 bits per heavy atom. The molecule has 0 aliphatic heterocycles. The van der Waals surface area contributed by atoms with Crippen LogP contribution in [0.25, 0.3) is 0 Å². The van der Waals surface area contributed by atoms with Gasteiger partial charge in [0.25, 0.3) is 0 Å². The van der Waals surface area contributed by atoms with Crippen LogP contribution in [0.5, 0.6) is 0 Å². The van der Waals surface area contributed by atoms with E-state index in [0.29, 0.717) is 18.8 Å². The fraction of sp³-hybridized carbons (Fsp3) is 0.600. The number of unbranched alkanes of at least 4 members (excludes halogenated alkanes) is 1. The molecule has 5 heteroatoms. The minimum Gasteiger partial charge on any atom is -0.354 e. The Kier molecular flexibility index (Phi) is 5.85. The molecule has 0 aliphatic rings. The molecule has 0 saturated heterocycles. The van der Waals surface area contributed by atoms with Crippen LogP contribution in [0.2, 0.25) is 0 Å². The van der Waals surface area contributed by atoms with Crippen LogP contribution in [0.1, 0.15) is 19.3 Å². The van der Waals surface area contributed by atoms with Crippen molar-refractivity contribution in [1.82, 2.24) is 14.9 Å². The molecule has 1 N–H and O–H groups in total. The van der Waals surface area contributed by atoms with Crippen LogP contribution < -0.4 is 5.32 Å². The van der Waals surface area contributed by atoms with Gasteiger partial charge >= 0.3 is 0 Å². The quantitative estimate of drug-likeness (QED) is 0.568. The molecular formula is C10H16ClN3O. The summed E-state index contributed by atoms with van der Waals surface area (Å²) in [6.07, 6.45) is 7.66. The largest absolute Gasteiger partial charge is 0.354 e. The number of hydrogen-bond acceptors (Lipinski definition) is 2. The van der Waals surface area contributed by atoms with Crippen LogP contribution in [0.3, 0.4) is 0 Å². The number of nitrogens with one attached hydrogen (secondary N) is 1. The molecule has 84 valence electrons. The maximum absolute atomic E-state index is 11.3. The monoisotopic (exact) mass is 229 g/mol. The van der Waals surface area contributed by atoms with Crippen molar-refractivity contribution in [3.8, 4) is 0 Å². The second-order valence-corrected chi connectivity index (χ2v) is 3.67. The van der Waals surface area contributed by atoms with Gasteiger partial charge in [-0.25, -0.2) is 4.98 Å². The van der Waals surface area contributed by atoms with Gasteiger partial charge in [-0.2, -0.15) is 0 Å². The van der Waals surface area contributed by atoms with Crippen molar-refractivity contribution in [3.05, 3.63) is 18.7 Å². The van der Waals surface area contributed by atoms with Crippen molar-refractivity contribution in [3.63, 3.8) is 0 Å². The number of rotatable bonds is 7. The van der Waals surface area contributed by atoms with Gasteiger partial charge < -0.3 is 9.88 Å². The minimum atomic E-state index is 0.0974. The van der Waals surface area contributed by atoms with Gasteiger partial charge in [0.1, 0.15) is 0 Å². The number of alkyl halides is 1. The Bertz CT molecular complexity index is 274. The van der Waals surface area contributed by atoms with E-state index in [9.17, 15) is 4.79 Å². The lowest BCUT2D eigenvalue weighted by Crippen LogP contribution is -2.26. The number of imidazole rings is 1. The molecule has 0 saturated carbocycles. The lowest BCUT2D eigenvalue weighted by molar-refractivity contribution is -0.121. The van der Waals surface area contributed by atoms with Crippen LogP contribution in [-0.4, -0.2) is 27.9 Å². The third-order valence-electron chi connectivity index (χ3n) is 2.04. The molecule has 0 aliphatic carbocycles. The summed E-state index contributed by atoms with van der Waals surface area (Å²) >= 11 is 5.51. The number of carbonyl (C=O) groups excluding carboxylic acids is 1. The predicted octanol–water partition coefficient (Wildman–Crippen LogP) is 1.41. The molecule has 0 unspecified atom stereocenters. The third-order valence-corrected chi connectivity index (χ3v) is 2.31. The summed E-state index contributed by atoms with van der Waals surface area (Å²) in [4.78, 5) is 15.2. The maximum Gasteiger partial charge on any atom is 0.220 e. The number of amides is 1. The Hall–Kier alpha value is -1.03. The zero-order chi connectivity index (χ0) is 10.9. The van der Waals surface area contributed by atoms with Crippen molar-refractivity contribution in [2.45, 2.75) is 25.8 Å². The summed E-state index contributed by atoms with van der Waals surface area (Å²) < 4.78 is 1.93. The average molecular weight is 230 g/mol. The first-order chi connectivity index (χ1) is 7.33. The van der Waals surface area contributed by atoms with E-state index >= 15 is 0 Å². The van der Waals surface area contributed by atoms with Crippen LogP contribution in [0, 0.1) is 0 Å². The van der Waals surface area contributed by atoms with Gasteiger partial charge in [-0.1, -0.05) is 0 Å². The molecular weight excluding hydrogens is 214 g/mol. The second-order valence-electron chi connectivity index (χ2n) is 3.30. The fourth-order valence-corrected chi connectivity index (χ4v) is 1.40. The highest BCUT2D eigenvalue weighted by Gasteiger charge is 1.99. The summed E-state index contributed by atoms with van der Waals surface area (Å²) in [6.45, 7) is 1.41. The standard InChI is InChI=1S/C10H16ClN3O/c11-4-2-1-3-10(15)13-6-8-14-7-5-12-9-14/h5,7,9H,1-4,6,8H2,(H,13,15). The Morgan fingerprint density at radius 3 is 3.00 bits per heavy atom. The normalized spacial score (nSPS) is 10.2. The molecule has 1 aromatic rings. The lowest BCUT2D eigenvalue weighted by atomic mass is 10.2. The minimum absolute atomic E-state index is 0.0974. The summed E-state index contributed by atoms with van der Waals surface area (Å²) in [5.74, 6) is 0.725. The van der Waals surface area contributed by atoms with Gasteiger partial charge in [0.05, 0.1) is 6.33 Å². The molecule has 0 fully saturated rings. The molecule has 1 heterocycles. The smallest absolute Gasteiger partial charge is 0.220 e. The van der Waals surface area contributed by atoms with Crippen molar-refractivity contribution in [1.29, 1.82) is 0 Å². The highest BCUT2D eigenvalue weighted by Crippen LogP contribution is 1.96. The summed E-state index contributed by atoms with van der Waals surface area (Å²) in [6, 6.07) is 0. The van der Waals surface area contributed by atoms with Crippen molar-refractivity contribution >= 4 is 17.5 Å². The first kappa shape index (κ1) is 12.0. The van der Waals surface area contributed by atoms with Crippen molar-refractivity contribution < 1.29 is 4.79 Å². The van der Waals surface area contributed by atoms with Gasteiger partial charge in [0, 0.05) is 37.8 Å². The van der Waals surface area contributed by atoms with E-state index in [1.54, 1.807) is 12.5 Å². The Labute approximate surface area is 94.6 Å². The van der Waals surface area contributed by atoms with Crippen LogP contribution in [0.15, 0.2) is 18.7 Å². The molecule has 1 rings (SSSR count). The fourth-order valence-electron chi connectivity index (χ4n) is 1.21. The molecule has 0 bridgehead atoms. The molecule has 15 heavy (non-hydrogen) atoms. The molecule has 0 spiro atoms. The number of aromatic nitrogens is 2. The van der Waals surface area contributed by atoms with Crippen LogP contribution in [-0.2, 0) is 11.3 Å². The summed E-state index contributed by atoms with van der Waals surface area (Å²) in [5, 5.41) is 2.85. The van der Waals surface area contributed by atoms with E-state index < -0.39 is 0 Å². The Morgan fingerprint density at radius 1 is 1.47 bits per heavy atom. The number of hydrogen-bond donors (Lipinski definition) is 1. The SMILES string of the molecule is O=C(CCCCCl)NCCn1ccnc1. The highest BCUT2D eigenvalue weighted by atomic mass is 35.5. The number of carbonyl (C=O) groups is 1. The highest BCUT2D eigenvalue weighted by molar-refractivity contribution is 6.17. The van der Waals surface area contributed by atoms with E-state index in [1.807, 2.05) is 10.8 Å². The summed E-state index contributed by atoms with van der Waals surface area (Å²) in [5.41, 5.74) is 0. The van der Waals surface area contributed by atoms with Gasteiger partial charge in [0.15, 0.2) is 0 Å². The lowest BCUT2D eigenvalue weighted by Gasteiger charge is -2.05. The predicted molar refractivity (Wildman–Crippen MR) is 59.8 cm³/mol. The molecule has 1 aromatic heterocycles. The molecule has 0 radical (unpaired) electrons. The number of nitrogens with zero attached hydrogens (tertiary/aromatic N) is 2. The van der Waals surface area contributed by atoms with E-state index in [4.69, 9.17) is 11.6 Å². The zero-order valence-electron chi connectivity index (χ0n) is 8.66. The van der Waals surface area contributed by atoms with E-state index in [0.717, 1.165) is 19.4 Å².